The summed E-state index contributed by atoms with van der Waals surface area (Å²) in [6, 6.07) is 48.5. The Hall–Kier alpha value is -6.46. The number of benzene rings is 7. The molecule has 11 rings (SSSR count). The van der Waals surface area contributed by atoms with E-state index in [1.54, 1.807) is 0 Å². The molecular weight excluding hydrogens is 578 g/mol. The van der Waals surface area contributed by atoms with Crippen LogP contribution >= 0.6 is 0 Å². The van der Waals surface area contributed by atoms with Gasteiger partial charge in [-0.05, 0) is 70.3 Å². The molecule has 218 valence electrons. The Morgan fingerprint density at radius 1 is 0.489 bits per heavy atom. The van der Waals surface area contributed by atoms with E-state index in [0.29, 0.717) is 11.5 Å². The van der Waals surface area contributed by atoms with Crippen LogP contribution < -0.4 is 4.90 Å². The zero-order valence-corrected chi connectivity index (χ0v) is 24.9. The van der Waals surface area contributed by atoms with E-state index in [1.807, 2.05) is 42.5 Å². The Labute approximate surface area is 267 Å². The van der Waals surface area contributed by atoms with Gasteiger partial charge in [0.05, 0.1) is 11.4 Å². The maximum absolute atomic E-state index is 6.54. The second-order valence-corrected chi connectivity index (χ2v) is 12.2. The van der Waals surface area contributed by atoms with Gasteiger partial charge in [-0.3, -0.25) is 4.90 Å². The lowest BCUT2D eigenvalue weighted by Crippen LogP contribution is -2.18. The summed E-state index contributed by atoms with van der Waals surface area (Å²) < 4.78 is 12.7. The largest absolute Gasteiger partial charge is 0.456 e. The first-order valence-corrected chi connectivity index (χ1v) is 15.8. The normalized spacial score (nSPS) is 12.6. The number of para-hydroxylation sites is 2. The van der Waals surface area contributed by atoms with E-state index in [1.165, 1.54) is 32.7 Å². The van der Waals surface area contributed by atoms with Gasteiger partial charge in [0, 0.05) is 32.7 Å². The van der Waals surface area contributed by atoms with Crippen LogP contribution in [0.4, 0.5) is 17.3 Å². The first-order valence-electron chi connectivity index (χ1n) is 15.8. The predicted octanol–water partition coefficient (Wildman–Crippen LogP) is 11.7. The van der Waals surface area contributed by atoms with Crippen LogP contribution in [0, 0.1) is 0 Å². The van der Waals surface area contributed by atoms with Crippen molar-refractivity contribution in [2.75, 3.05) is 4.90 Å². The monoisotopic (exact) mass is 601 g/mol. The molecule has 0 unspecified atom stereocenters. The van der Waals surface area contributed by atoms with Gasteiger partial charge < -0.3 is 8.83 Å². The van der Waals surface area contributed by atoms with Crippen molar-refractivity contribution in [2.24, 2.45) is 0 Å². The van der Waals surface area contributed by atoms with E-state index >= 15 is 0 Å². The highest BCUT2D eigenvalue weighted by atomic mass is 16.3. The summed E-state index contributed by atoms with van der Waals surface area (Å²) in [4.78, 5) is 12.9. The summed E-state index contributed by atoms with van der Waals surface area (Å²) in [7, 11) is 0. The van der Waals surface area contributed by atoms with Gasteiger partial charge in [0.2, 0.25) is 5.95 Å². The van der Waals surface area contributed by atoms with E-state index < -0.39 is 0 Å². The quantitative estimate of drug-likeness (QED) is 0.197. The van der Waals surface area contributed by atoms with Gasteiger partial charge >= 0.3 is 0 Å². The Morgan fingerprint density at radius 3 is 2.11 bits per heavy atom. The standard InChI is InChI=1S/C42H23N3O2/c1-2-12-27-24(9-1)19-21-33-38(27)30-15-7-10-25-11-8-16-32(37(25)30)45(33)42-43-39(41-40(44-42)29-14-4-6-18-35(29)47-41)26-20-22-36-31(23-26)28-13-3-5-17-34(28)46-36/h1-23H. The van der Waals surface area contributed by atoms with Crippen molar-refractivity contribution < 1.29 is 8.83 Å². The van der Waals surface area contributed by atoms with E-state index in [4.69, 9.17) is 18.8 Å². The van der Waals surface area contributed by atoms with Crippen molar-refractivity contribution in [3.05, 3.63) is 140 Å². The zero-order chi connectivity index (χ0) is 30.6. The molecule has 0 radical (unpaired) electrons. The average molecular weight is 602 g/mol. The molecule has 0 aliphatic carbocycles. The lowest BCUT2D eigenvalue weighted by molar-refractivity contribution is 0.666. The van der Waals surface area contributed by atoms with Crippen molar-refractivity contribution in [3.63, 3.8) is 0 Å². The molecule has 3 aromatic heterocycles. The molecule has 47 heavy (non-hydrogen) atoms. The van der Waals surface area contributed by atoms with Crippen molar-refractivity contribution in [1.29, 1.82) is 0 Å². The third-order valence-electron chi connectivity index (χ3n) is 9.60. The lowest BCUT2D eigenvalue weighted by atomic mass is 9.88. The Balaban J connectivity index is 1.26. The van der Waals surface area contributed by atoms with Gasteiger partial charge in [0.15, 0.2) is 5.58 Å². The number of aromatic nitrogens is 2. The molecule has 1 aliphatic heterocycles. The number of rotatable bonds is 2. The third kappa shape index (κ3) is 3.37. The molecule has 0 bridgehead atoms. The summed E-state index contributed by atoms with van der Waals surface area (Å²) in [6.45, 7) is 0. The second-order valence-electron chi connectivity index (χ2n) is 12.2. The van der Waals surface area contributed by atoms with Crippen LogP contribution in [0.1, 0.15) is 0 Å². The number of fused-ring (bicyclic) bond motifs is 10. The van der Waals surface area contributed by atoms with Gasteiger partial charge in [-0.25, -0.2) is 9.97 Å². The van der Waals surface area contributed by atoms with Crippen molar-refractivity contribution >= 4 is 82.9 Å². The number of anilines is 3. The maximum atomic E-state index is 6.54. The van der Waals surface area contributed by atoms with Crippen molar-refractivity contribution in [1.82, 2.24) is 9.97 Å². The SMILES string of the molecule is c1ccc2c3c(ccc2c1)N(c1nc(-c2ccc4oc5ccccc5c4c2)c2oc4ccccc4c2n1)c1cccc2cccc-3c12. The van der Waals surface area contributed by atoms with Gasteiger partial charge in [-0.15, -0.1) is 0 Å². The number of furan rings is 2. The molecule has 0 spiro atoms. The molecule has 4 heterocycles. The summed E-state index contributed by atoms with van der Waals surface area (Å²) in [6.07, 6.45) is 0. The Morgan fingerprint density at radius 2 is 1.21 bits per heavy atom. The number of nitrogens with zero attached hydrogens (tertiary/aromatic N) is 3. The first-order chi connectivity index (χ1) is 23.3. The van der Waals surface area contributed by atoms with Crippen molar-refractivity contribution in [2.45, 2.75) is 0 Å². The van der Waals surface area contributed by atoms with Crippen LogP contribution in [0.3, 0.4) is 0 Å². The van der Waals surface area contributed by atoms with Gasteiger partial charge in [-0.1, -0.05) is 91.0 Å². The summed E-state index contributed by atoms with van der Waals surface area (Å²) in [5, 5.41) is 7.82. The molecule has 0 saturated heterocycles. The molecule has 0 N–H and O–H groups in total. The van der Waals surface area contributed by atoms with Crippen LogP contribution in [-0.2, 0) is 0 Å². The van der Waals surface area contributed by atoms with Crippen LogP contribution in [0.15, 0.2) is 148 Å². The second kappa shape index (κ2) is 9.05. The van der Waals surface area contributed by atoms with Gasteiger partial charge in [0.1, 0.15) is 28.0 Å². The molecule has 7 aromatic carbocycles. The highest BCUT2D eigenvalue weighted by Crippen LogP contribution is 2.53. The minimum atomic E-state index is 0.592. The summed E-state index contributed by atoms with van der Waals surface area (Å²) in [5.41, 5.74) is 10.1. The Kier molecular flexibility index (Phi) is 4.78. The molecule has 0 amide bonds. The molecule has 0 atom stereocenters. The molecule has 1 aliphatic rings. The fourth-order valence-corrected chi connectivity index (χ4v) is 7.54. The van der Waals surface area contributed by atoms with Crippen LogP contribution in [-0.4, -0.2) is 9.97 Å². The van der Waals surface area contributed by atoms with Crippen LogP contribution in [0.2, 0.25) is 0 Å². The van der Waals surface area contributed by atoms with Crippen LogP contribution in [0.25, 0.3) is 87.9 Å². The first kappa shape index (κ1) is 24.8. The average Bonchev–Trinajstić information content (AvgIpc) is 3.69. The van der Waals surface area contributed by atoms with Gasteiger partial charge in [-0.2, -0.15) is 0 Å². The smallest absolute Gasteiger partial charge is 0.236 e. The fourth-order valence-electron chi connectivity index (χ4n) is 7.54. The van der Waals surface area contributed by atoms with E-state index in [2.05, 4.69) is 102 Å². The van der Waals surface area contributed by atoms with Crippen LogP contribution in [0.5, 0.6) is 0 Å². The molecule has 0 saturated carbocycles. The van der Waals surface area contributed by atoms with Gasteiger partial charge in [0.25, 0.3) is 0 Å². The Bertz CT molecular complexity index is 2930. The number of hydrogen-bond acceptors (Lipinski definition) is 5. The lowest BCUT2D eigenvalue weighted by Gasteiger charge is -2.32. The zero-order valence-electron chi connectivity index (χ0n) is 24.9. The number of hydrogen-bond donors (Lipinski definition) is 0. The fraction of sp³-hybridized carbons (Fsp3) is 0. The molecule has 5 nitrogen and oxygen atoms in total. The highest BCUT2D eigenvalue weighted by molar-refractivity contribution is 6.19. The molecule has 5 heteroatoms. The predicted molar refractivity (Wildman–Crippen MR) is 191 cm³/mol. The molecule has 0 fully saturated rings. The molecular formula is C42H23N3O2. The van der Waals surface area contributed by atoms with E-state index in [9.17, 15) is 0 Å². The third-order valence-corrected chi connectivity index (χ3v) is 9.60. The van der Waals surface area contributed by atoms with Crippen molar-refractivity contribution in [3.8, 4) is 22.4 Å². The van der Waals surface area contributed by atoms with E-state index in [-0.39, 0.29) is 0 Å². The minimum absolute atomic E-state index is 0.592. The molecule has 10 aromatic rings. The maximum Gasteiger partial charge on any atom is 0.236 e. The minimum Gasteiger partial charge on any atom is -0.456 e. The summed E-state index contributed by atoms with van der Waals surface area (Å²) >= 11 is 0. The summed E-state index contributed by atoms with van der Waals surface area (Å²) in [5.74, 6) is 0.592. The van der Waals surface area contributed by atoms with E-state index in [0.717, 1.165) is 61.1 Å². The topological polar surface area (TPSA) is 55.3 Å². The highest BCUT2D eigenvalue weighted by Gasteiger charge is 2.30.